The number of benzene rings is 3. The van der Waals surface area contributed by atoms with Crippen molar-refractivity contribution in [1.29, 1.82) is 0 Å². The van der Waals surface area contributed by atoms with Crippen molar-refractivity contribution in [3.05, 3.63) is 95.6 Å². The molecular formula is C30H37N3O4S. The van der Waals surface area contributed by atoms with Crippen LogP contribution in [0.25, 0.3) is 0 Å². The number of hydrogen-bond donors (Lipinski definition) is 1. The van der Waals surface area contributed by atoms with Crippen molar-refractivity contribution in [2.75, 3.05) is 17.4 Å². The number of sulfonamides is 1. The van der Waals surface area contributed by atoms with E-state index in [0.717, 1.165) is 33.8 Å². The minimum Gasteiger partial charge on any atom is -0.354 e. The van der Waals surface area contributed by atoms with E-state index in [-0.39, 0.29) is 17.3 Å². The lowest BCUT2D eigenvalue weighted by Gasteiger charge is -2.32. The second kappa shape index (κ2) is 13.2. The standard InChI is InChI=1S/C30H37N3O4S/c1-5-6-20-31-30(35)25(4)32(21-26-16-12-23(2)13-17-26)29(34)22-33(27-10-8-7-9-11-27)38(36,37)28-18-14-24(3)15-19-28/h7-19,25H,5-6,20-22H2,1-4H3,(H,31,35)/t25-/m1/s1. The molecule has 0 spiro atoms. The highest BCUT2D eigenvalue weighted by atomic mass is 32.2. The van der Waals surface area contributed by atoms with Crippen LogP contribution in [-0.2, 0) is 26.2 Å². The molecule has 8 heteroatoms. The van der Waals surface area contributed by atoms with Gasteiger partial charge in [-0.15, -0.1) is 0 Å². The van der Waals surface area contributed by atoms with Crippen molar-refractivity contribution >= 4 is 27.5 Å². The van der Waals surface area contributed by atoms with E-state index >= 15 is 0 Å². The van der Waals surface area contributed by atoms with E-state index in [0.29, 0.717) is 12.2 Å². The highest BCUT2D eigenvalue weighted by Gasteiger charge is 2.32. The molecule has 0 saturated carbocycles. The molecule has 3 rings (SSSR count). The maximum absolute atomic E-state index is 13.8. The lowest BCUT2D eigenvalue weighted by atomic mass is 10.1. The minimum absolute atomic E-state index is 0.0928. The Labute approximate surface area is 226 Å². The van der Waals surface area contributed by atoms with Gasteiger partial charge in [0.15, 0.2) is 0 Å². The molecule has 0 radical (unpaired) electrons. The van der Waals surface area contributed by atoms with Crippen molar-refractivity contribution in [3.8, 4) is 0 Å². The molecular weight excluding hydrogens is 498 g/mol. The van der Waals surface area contributed by atoms with Crippen LogP contribution in [0.4, 0.5) is 5.69 Å². The van der Waals surface area contributed by atoms with Crippen molar-refractivity contribution in [2.24, 2.45) is 0 Å². The molecule has 38 heavy (non-hydrogen) atoms. The highest BCUT2D eigenvalue weighted by molar-refractivity contribution is 7.92. The van der Waals surface area contributed by atoms with E-state index in [1.54, 1.807) is 61.5 Å². The van der Waals surface area contributed by atoms with Gasteiger partial charge in [-0.1, -0.05) is 79.1 Å². The zero-order valence-corrected chi connectivity index (χ0v) is 23.4. The lowest BCUT2D eigenvalue weighted by molar-refractivity contribution is -0.139. The van der Waals surface area contributed by atoms with E-state index in [1.165, 1.54) is 4.90 Å². The first-order valence-electron chi connectivity index (χ1n) is 12.9. The van der Waals surface area contributed by atoms with Crippen LogP contribution in [-0.4, -0.2) is 44.3 Å². The van der Waals surface area contributed by atoms with Crippen LogP contribution in [0.1, 0.15) is 43.4 Å². The summed E-state index contributed by atoms with van der Waals surface area (Å²) in [4.78, 5) is 28.4. The van der Waals surface area contributed by atoms with Crippen LogP contribution in [0.2, 0.25) is 0 Å². The van der Waals surface area contributed by atoms with Gasteiger partial charge >= 0.3 is 0 Å². The summed E-state index contributed by atoms with van der Waals surface area (Å²) in [5.41, 5.74) is 3.23. The second-order valence-corrected chi connectivity index (χ2v) is 11.4. The summed E-state index contributed by atoms with van der Waals surface area (Å²) < 4.78 is 28.6. The fourth-order valence-electron chi connectivity index (χ4n) is 3.97. The van der Waals surface area contributed by atoms with Gasteiger partial charge in [0.25, 0.3) is 10.0 Å². The number of anilines is 1. The number of carbonyl (C=O) groups excluding carboxylic acids is 2. The van der Waals surface area contributed by atoms with Crippen molar-refractivity contribution in [3.63, 3.8) is 0 Å². The van der Waals surface area contributed by atoms with Gasteiger partial charge in [-0.05, 0) is 57.0 Å². The Morgan fingerprint density at radius 2 is 1.45 bits per heavy atom. The Bertz CT molecular complexity index is 1310. The van der Waals surface area contributed by atoms with Gasteiger partial charge in [0.05, 0.1) is 10.6 Å². The van der Waals surface area contributed by atoms with Crippen molar-refractivity contribution < 1.29 is 18.0 Å². The number of nitrogens with one attached hydrogen (secondary N) is 1. The Hall–Kier alpha value is -3.65. The first kappa shape index (κ1) is 28.9. The zero-order valence-electron chi connectivity index (χ0n) is 22.6. The first-order chi connectivity index (χ1) is 18.1. The number of hydrogen-bond acceptors (Lipinski definition) is 4. The summed E-state index contributed by atoms with van der Waals surface area (Å²) in [5.74, 6) is -0.741. The molecule has 1 N–H and O–H groups in total. The SMILES string of the molecule is CCCCNC(=O)[C@@H](C)N(Cc1ccc(C)cc1)C(=O)CN(c1ccccc1)S(=O)(=O)c1ccc(C)cc1. The number of unbranched alkanes of at least 4 members (excludes halogenated alkanes) is 1. The molecule has 0 bridgehead atoms. The van der Waals surface area contributed by atoms with Crippen molar-refractivity contribution in [2.45, 2.75) is 58.0 Å². The van der Waals surface area contributed by atoms with Crippen LogP contribution >= 0.6 is 0 Å². The fourth-order valence-corrected chi connectivity index (χ4v) is 5.38. The number of amides is 2. The summed E-state index contributed by atoms with van der Waals surface area (Å²) in [6.07, 6.45) is 1.77. The molecule has 3 aromatic rings. The van der Waals surface area contributed by atoms with Gasteiger partial charge in [-0.25, -0.2) is 8.42 Å². The van der Waals surface area contributed by atoms with Gasteiger partial charge in [-0.3, -0.25) is 13.9 Å². The smallest absolute Gasteiger partial charge is 0.264 e. The predicted molar refractivity (Wildman–Crippen MR) is 151 cm³/mol. The average Bonchev–Trinajstić information content (AvgIpc) is 2.91. The van der Waals surface area contributed by atoms with Gasteiger partial charge < -0.3 is 10.2 Å². The van der Waals surface area contributed by atoms with Crippen LogP contribution in [0, 0.1) is 13.8 Å². The van der Waals surface area contributed by atoms with Crippen LogP contribution < -0.4 is 9.62 Å². The molecule has 3 aromatic carbocycles. The summed E-state index contributed by atoms with van der Waals surface area (Å²) >= 11 is 0. The third-order valence-corrected chi connectivity index (χ3v) is 8.19. The Balaban J connectivity index is 1.96. The zero-order chi connectivity index (χ0) is 27.7. The Morgan fingerprint density at radius 1 is 0.868 bits per heavy atom. The highest BCUT2D eigenvalue weighted by Crippen LogP contribution is 2.24. The summed E-state index contributed by atoms with van der Waals surface area (Å²) in [5, 5.41) is 2.90. The van der Waals surface area contributed by atoms with Crippen LogP contribution in [0.15, 0.2) is 83.8 Å². The van der Waals surface area contributed by atoms with Gasteiger partial charge in [0.1, 0.15) is 12.6 Å². The molecule has 202 valence electrons. The van der Waals surface area contributed by atoms with Crippen LogP contribution in [0.3, 0.4) is 0 Å². The fraction of sp³-hybridized carbons (Fsp3) is 0.333. The topological polar surface area (TPSA) is 86.8 Å². The third-order valence-electron chi connectivity index (χ3n) is 6.40. The van der Waals surface area contributed by atoms with E-state index in [9.17, 15) is 18.0 Å². The molecule has 0 fully saturated rings. The molecule has 0 heterocycles. The molecule has 0 aliphatic carbocycles. The number of para-hydroxylation sites is 1. The quantitative estimate of drug-likeness (QED) is 0.337. The molecule has 0 aliphatic rings. The molecule has 0 aromatic heterocycles. The average molecular weight is 536 g/mol. The van der Waals surface area contributed by atoms with E-state index in [2.05, 4.69) is 5.32 Å². The normalized spacial score (nSPS) is 12.0. The lowest BCUT2D eigenvalue weighted by Crippen LogP contribution is -2.51. The monoisotopic (exact) mass is 535 g/mol. The third kappa shape index (κ3) is 7.44. The molecule has 7 nitrogen and oxygen atoms in total. The minimum atomic E-state index is -4.06. The number of aryl methyl sites for hydroxylation is 2. The molecule has 0 aliphatic heterocycles. The summed E-state index contributed by atoms with van der Waals surface area (Å²) in [6, 6.07) is 22.0. The molecule has 0 unspecified atom stereocenters. The Morgan fingerprint density at radius 3 is 2.03 bits per heavy atom. The predicted octanol–water partition coefficient (Wildman–Crippen LogP) is 4.83. The van der Waals surface area contributed by atoms with E-state index < -0.39 is 28.5 Å². The van der Waals surface area contributed by atoms with Gasteiger partial charge in [0.2, 0.25) is 11.8 Å². The maximum atomic E-state index is 13.8. The Kier molecular flexibility index (Phi) is 10.1. The number of nitrogens with zero attached hydrogens (tertiary/aromatic N) is 2. The maximum Gasteiger partial charge on any atom is 0.264 e. The summed E-state index contributed by atoms with van der Waals surface area (Å²) in [6.45, 7) is 7.82. The second-order valence-electron chi connectivity index (χ2n) is 9.49. The van der Waals surface area contributed by atoms with E-state index in [4.69, 9.17) is 0 Å². The van der Waals surface area contributed by atoms with Gasteiger partial charge in [0, 0.05) is 13.1 Å². The first-order valence-corrected chi connectivity index (χ1v) is 14.3. The van der Waals surface area contributed by atoms with Gasteiger partial charge in [-0.2, -0.15) is 0 Å². The summed E-state index contributed by atoms with van der Waals surface area (Å²) in [7, 11) is -4.06. The number of rotatable bonds is 12. The number of carbonyl (C=O) groups is 2. The van der Waals surface area contributed by atoms with E-state index in [1.807, 2.05) is 45.0 Å². The molecule has 2 amide bonds. The van der Waals surface area contributed by atoms with Crippen LogP contribution in [0.5, 0.6) is 0 Å². The van der Waals surface area contributed by atoms with Crippen molar-refractivity contribution in [1.82, 2.24) is 10.2 Å². The molecule has 0 saturated heterocycles. The molecule has 1 atom stereocenters. The largest absolute Gasteiger partial charge is 0.354 e.